The number of morpholine rings is 1. The van der Waals surface area contributed by atoms with E-state index >= 15 is 0 Å². The van der Waals surface area contributed by atoms with Crippen molar-refractivity contribution in [3.63, 3.8) is 0 Å². The van der Waals surface area contributed by atoms with Gasteiger partial charge in [0.1, 0.15) is 6.10 Å². The number of methoxy groups -OCH3 is 2. The molecule has 30 heavy (non-hydrogen) atoms. The molecule has 2 atom stereocenters. The molecule has 0 bridgehead atoms. The first kappa shape index (κ1) is 22.3. The Balaban J connectivity index is 1.71. The Labute approximate surface area is 177 Å². The van der Waals surface area contributed by atoms with Gasteiger partial charge in [-0.15, -0.1) is 0 Å². The van der Waals surface area contributed by atoms with Crippen molar-refractivity contribution in [3.8, 4) is 5.88 Å². The summed E-state index contributed by atoms with van der Waals surface area (Å²) >= 11 is 0. The van der Waals surface area contributed by atoms with Gasteiger partial charge < -0.3 is 29.7 Å². The van der Waals surface area contributed by atoms with E-state index in [1.165, 1.54) is 7.11 Å². The number of aromatic nitrogens is 1. The van der Waals surface area contributed by atoms with E-state index in [0.29, 0.717) is 32.0 Å². The molecule has 2 heterocycles. The lowest BCUT2D eigenvalue weighted by molar-refractivity contribution is -0.148. The van der Waals surface area contributed by atoms with Gasteiger partial charge in [-0.1, -0.05) is 0 Å². The van der Waals surface area contributed by atoms with E-state index in [2.05, 4.69) is 20.4 Å². The average molecular weight is 421 g/mol. The molecule has 2 unspecified atom stereocenters. The third-order valence-electron chi connectivity index (χ3n) is 5.45. The molecule has 9 heteroatoms. The SMILES string of the molecule is COC(=O)NCCCc1cc(C(C)N(C(=O)C2CNCCO2)C2CC2)cc(OC)n1. The molecule has 1 saturated heterocycles. The van der Waals surface area contributed by atoms with Crippen molar-refractivity contribution in [1.82, 2.24) is 20.5 Å². The summed E-state index contributed by atoms with van der Waals surface area (Å²) in [6.07, 6.45) is 2.55. The highest BCUT2D eigenvalue weighted by atomic mass is 16.5. The quantitative estimate of drug-likeness (QED) is 0.583. The van der Waals surface area contributed by atoms with Crippen LogP contribution in [0.15, 0.2) is 12.1 Å². The van der Waals surface area contributed by atoms with Gasteiger partial charge in [0.25, 0.3) is 5.91 Å². The number of carbonyl (C=O) groups excluding carboxylic acids is 2. The third kappa shape index (κ3) is 5.82. The number of nitrogens with one attached hydrogen (secondary N) is 2. The fourth-order valence-electron chi connectivity index (χ4n) is 3.68. The second-order valence-corrected chi connectivity index (χ2v) is 7.67. The van der Waals surface area contributed by atoms with Gasteiger partial charge in [-0.05, 0) is 44.2 Å². The maximum atomic E-state index is 13.2. The molecule has 2 fully saturated rings. The van der Waals surface area contributed by atoms with Crippen molar-refractivity contribution in [2.75, 3.05) is 40.5 Å². The lowest BCUT2D eigenvalue weighted by atomic mass is 10.0. The largest absolute Gasteiger partial charge is 0.481 e. The summed E-state index contributed by atoms with van der Waals surface area (Å²) in [5.41, 5.74) is 1.85. The Bertz CT molecular complexity index is 734. The minimum Gasteiger partial charge on any atom is -0.481 e. The van der Waals surface area contributed by atoms with Gasteiger partial charge in [0.05, 0.1) is 26.9 Å². The summed E-state index contributed by atoms with van der Waals surface area (Å²) in [7, 11) is 2.93. The smallest absolute Gasteiger partial charge is 0.406 e. The average Bonchev–Trinajstić information content (AvgIpc) is 3.61. The monoisotopic (exact) mass is 420 g/mol. The number of nitrogens with zero attached hydrogens (tertiary/aromatic N) is 2. The van der Waals surface area contributed by atoms with Crippen molar-refractivity contribution in [2.24, 2.45) is 0 Å². The Hall–Kier alpha value is -2.39. The molecule has 1 aliphatic carbocycles. The van der Waals surface area contributed by atoms with E-state index < -0.39 is 12.2 Å². The molecule has 1 aromatic heterocycles. The van der Waals surface area contributed by atoms with E-state index in [9.17, 15) is 9.59 Å². The Morgan fingerprint density at radius 1 is 1.37 bits per heavy atom. The van der Waals surface area contributed by atoms with Gasteiger partial charge in [0, 0.05) is 37.4 Å². The summed E-state index contributed by atoms with van der Waals surface area (Å²) in [6, 6.07) is 4.06. The Morgan fingerprint density at radius 3 is 2.80 bits per heavy atom. The molecule has 9 nitrogen and oxygen atoms in total. The highest BCUT2D eigenvalue weighted by molar-refractivity contribution is 5.82. The molecular formula is C21H32N4O5. The van der Waals surface area contributed by atoms with Crippen LogP contribution >= 0.6 is 0 Å². The molecule has 0 radical (unpaired) electrons. The molecule has 1 aliphatic heterocycles. The molecule has 2 aliphatic rings. The van der Waals surface area contributed by atoms with Crippen LogP contribution < -0.4 is 15.4 Å². The van der Waals surface area contributed by atoms with Gasteiger partial charge >= 0.3 is 6.09 Å². The number of rotatable bonds is 9. The van der Waals surface area contributed by atoms with Crippen LogP contribution in [0, 0.1) is 0 Å². The highest BCUT2D eigenvalue weighted by Crippen LogP contribution is 2.36. The lowest BCUT2D eigenvalue weighted by Gasteiger charge is -2.34. The first-order chi connectivity index (χ1) is 14.5. The maximum Gasteiger partial charge on any atom is 0.406 e. The standard InChI is InChI=1S/C21H32N4O5/c1-14(25(17-6-7-17)20(26)18-13-22-9-10-30-18)15-11-16(24-19(12-15)28-2)5-4-8-23-21(27)29-3/h11-12,14,17-18,22H,4-10,13H2,1-3H3,(H,23,27). The molecule has 166 valence electrons. The van der Waals surface area contributed by atoms with Crippen LogP contribution in [0.2, 0.25) is 0 Å². The zero-order valence-electron chi connectivity index (χ0n) is 18.0. The van der Waals surface area contributed by atoms with Gasteiger partial charge in [-0.3, -0.25) is 4.79 Å². The first-order valence-corrected chi connectivity index (χ1v) is 10.5. The summed E-state index contributed by atoms with van der Waals surface area (Å²) in [5, 5.41) is 5.90. The van der Waals surface area contributed by atoms with Gasteiger partial charge in [0.15, 0.2) is 0 Å². The fourth-order valence-corrected chi connectivity index (χ4v) is 3.68. The van der Waals surface area contributed by atoms with Crippen molar-refractivity contribution in [1.29, 1.82) is 0 Å². The molecular weight excluding hydrogens is 388 g/mol. The molecule has 1 aromatic rings. The van der Waals surface area contributed by atoms with Crippen molar-refractivity contribution < 1.29 is 23.8 Å². The van der Waals surface area contributed by atoms with Crippen LogP contribution in [-0.4, -0.2) is 74.5 Å². The summed E-state index contributed by atoms with van der Waals surface area (Å²) < 4.78 is 15.7. The predicted octanol–water partition coefficient (Wildman–Crippen LogP) is 1.42. The van der Waals surface area contributed by atoms with Crippen molar-refractivity contribution in [3.05, 3.63) is 23.4 Å². The van der Waals surface area contributed by atoms with E-state index in [-0.39, 0.29) is 18.0 Å². The van der Waals surface area contributed by atoms with Crippen molar-refractivity contribution >= 4 is 12.0 Å². The van der Waals surface area contributed by atoms with E-state index in [1.807, 2.05) is 24.0 Å². The molecule has 0 spiro atoms. The van der Waals surface area contributed by atoms with E-state index in [0.717, 1.165) is 37.1 Å². The molecule has 3 rings (SSSR count). The zero-order chi connectivity index (χ0) is 21.5. The second-order valence-electron chi connectivity index (χ2n) is 7.67. The lowest BCUT2D eigenvalue weighted by Crippen LogP contribution is -2.50. The zero-order valence-corrected chi connectivity index (χ0v) is 18.0. The summed E-state index contributed by atoms with van der Waals surface area (Å²) in [5.74, 6) is 0.561. The van der Waals surface area contributed by atoms with Gasteiger partial charge in [-0.25, -0.2) is 9.78 Å². The number of hydrogen-bond acceptors (Lipinski definition) is 7. The molecule has 1 saturated carbocycles. The topological polar surface area (TPSA) is 102 Å². The number of ether oxygens (including phenoxy) is 3. The molecule has 2 N–H and O–H groups in total. The fraction of sp³-hybridized carbons (Fsp3) is 0.667. The van der Waals surface area contributed by atoms with E-state index in [4.69, 9.17) is 9.47 Å². The first-order valence-electron chi connectivity index (χ1n) is 10.5. The number of aryl methyl sites for hydroxylation is 1. The Morgan fingerprint density at radius 2 is 2.17 bits per heavy atom. The number of pyridine rings is 1. The Kier molecular flexibility index (Phi) is 7.87. The third-order valence-corrected chi connectivity index (χ3v) is 5.45. The molecule has 0 aromatic carbocycles. The number of amides is 2. The normalized spacial score (nSPS) is 19.6. The van der Waals surface area contributed by atoms with E-state index in [1.54, 1.807) is 7.11 Å². The number of carbonyl (C=O) groups is 2. The van der Waals surface area contributed by atoms with Gasteiger partial charge in [0.2, 0.25) is 5.88 Å². The van der Waals surface area contributed by atoms with Crippen LogP contribution in [-0.2, 0) is 20.7 Å². The van der Waals surface area contributed by atoms with Crippen LogP contribution in [0.1, 0.15) is 43.5 Å². The predicted molar refractivity (Wildman–Crippen MR) is 110 cm³/mol. The van der Waals surface area contributed by atoms with Crippen molar-refractivity contribution in [2.45, 2.75) is 50.8 Å². The van der Waals surface area contributed by atoms with Crippen LogP contribution in [0.5, 0.6) is 5.88 Å². The van der Waals surface area contributed by atoms with Crippen LogP contribution in [0.25, 0.3) is 0 Å². The maximum absolute atomic E-state index is 13.2. The summed E-state index contributed by atoms with van der Waals surface area (Å²) in [6.45, 7) is 4.42. The minimum absolute atomic E-state index is 0.0387. The van der Waals surface area contributed by atoms with Crippen LogP contribution in [0.4, 0.5) is 4.79 Å². The summed E-state index contributed by atoms with van der Waals surface area (Å²) in [4.78, 5) is 30.9. The molecule has 2 amide bonds. The second kappa shape index (κ2) is 10.6. The highest BCUT2D eigenvalue weighted by Gasteiger charge is 2.40. The number of alkyl carbamates (subject to hydrolysis) is 1. The number of hydrogen-bond donors (Lipinski definition) is 2. The minimum atomic E-state index is -0.444. The van der Waals surface area contributed by atoms with Gasteiger partial charge in [-0.2, -0.15) is 0 Å². The van der Waals surface area contributed by atoms with Crippen LogP contribution in [0.3, 0.4) is 0 Å².